The second-order valence-corrected chi connectivity index (χ2v) is 2.56. The summed E-state index contributed by atoms with van der Waals surface area (Å²) < 4.78 is 9.17. The van der Waals surface area contributed by atoms with Crippen molar-refractivity contribution in [3.05, 3.63) is 12.7 Å². The monoisotopic (exact) mass is 215 g/mol. The molecule has 2 N–H and O–H groups in total. The summed E-state index contributed by atoms with van der Waals surface area (Å²) in [5.41, 5.74) is 4.83. The van der Waals surface area contributed by atoms with E-state index >= 15 is 0 Å². The Bertz CT molecular complexity index is 261. The van der Waals surface area contributed by atoms with Gasteiger partial charge in [-0.2, -0.15) is 0 Å². The maximum atomic E-state index is 10.9. The molecule has 0 fully saturated rings. The molecule has 0 aliphatic heterocycles. The van der Waals surface area contributed by atoms with Crippen molar-refractivity contribution in [3.8, 4) is 0 Å². The van der Waals surface area contributed by atoms with Crippen molar-refractivity contribution in [1.29, 1.82) is 0 Å². The van der Waals surface area contributed by atoms with E-state index in [0.29, 0.717) is 0 Å². The van der Waals surface area contributed by atoms with Crippen LogP contribution in [0.5, 0.6) is 0 Å². The van der Waals surface area contributed by atoms with Crippen LogP contribution in [-0.4, -0.2) is 31.1 Å². The van der Waals surface area contributed by atoms with E-state index < -0.39 is 17.8 Å². The smallest absolute Gasteiger partial charge is 0.330 e. The summed E-state index contributed by atoms with van der Waals surface area (Å²) in [7, 11) is 0. The van der Waals surface area contributed by atoms with Gasteiger partial charge in [0, 0.05) is 12.5 Å². The van der Waals surface area contributed by atoms with Crippen LogP contribution in [0.4, 0.5) is 0 Å². The lowest BCUT2D eigenvalue weighted by Gasteiger charge is -2.03. The average Bonchev–Trinajstić information content (AvgIpc) is 2.21. The zero-order chi connectivity index (χ0) is 11.7. The Morgan fingerprint density at radius 1 is 1.13 bits per heavy atom. The van der Waals surface area contributed by atoms with Gasteiger partial charge in [0.25, 0.3) is 0 Å². The number of ether oxygens (including phenoxy) is 2. The fraction of sp³-hybridized carbons (Fsp3) is 0.444. The zero-order valence-electron chi connectivity index (χ0n) is 8.23. The predicted octanol–water partition coefficient (Wildman–Crippen LogP) is -0.476. The zero-order valence-corrected chi connectivity index (χ0v) is 8.23. The standard InChI is InChI=1S/C9H13NO5/c1-2-8(12)14-5-6-15-9(13)4-3-7(10)11/h2H,1,3-6H2,(H2,10,11). The van der Waals surface area contributed by atoms with Crippen LogP contribution in [0.15, 0.2) is 12.7 Å². The van der Waals surface area contributed by atoms with Gasteiger partial charge in [0.2, 0.25) is 5.91 Å². The Labute approximate surface area is 87.0 Å². The van der Waals surface area contributed by atoms with E-state index in [1.54, 1.807) is 0 Å². The van der Waals surface area contributed by atoms with Crippen LogP contribution < -0.4 is 5.73 Å². The molecule has 0 rings (SSSR count). The van der Waals surface area contributed by atoms with Crippen LogP contribution in [-0.2, 0) is 23.9 Å². The Morgan fingerprint density at radius 2 is 1.73 bits per heavy atom. The highest BCUT2D eigenvalue weighted by Crippen LogP contribution is 1.92. The molecule has 1 amide bonds. The van der Waals surface area contributed by atoms with Gasteiger partial charge in [-0.3, -0.25) is 9.59 Å². The van der Waals surface area contributed by atoms with Crippen molar-refractivity contribution in [3.63, 3.8) is 0 Å². The molecule has 0 aliphatic carbocycles. The van der Waals surface area contributed by atoms with Gasteiger partial charge in [-0.15, -0.1) is 0 Å². The van der Waals surface area contributed by atoms with Crippen LogP contribution in [0.25, 0.3) is 0 Å². The molecule has 0 aliphatic rings. The third kappa shape index (κ3) is 8.48. The summed E-state index contributed by atoms with van der Waals surface area (Å²) in [6.07, 6.45) is 0.894. The van der Waals surface area contributed by atoms with Gasteiger partial charge in [0.15, 0.2) is 0 Å². The Kier molecular flexibility index (Phi) is 6.61. The van der Waals surface area contributed by atoms with Crippen LogP contribution in [0, 0.1) is 0 Å². The molecule has 0 aromatic carbocycles. The number of esters is 2. The van der Waals surface area contributed by atoms with Crippen molar-refractivity contribution in [1.82, 2.24) is 0 Å². The third-order valence-corrected chi connectivity index (χ3v) is 1.33. The molecule has 0 saturated heterocycles. The Morgan fingerprint density at radius 3 is 2.27 bits per heavy atom. The molecule has 0 saturated carbocycles. The highest BCUT2D eigenvalue weighted by Gasteiger charge is 2.05. The van der Waals surface area contributed by atoms with E-state index in [2.05, 4.69) is 16.1 Å². The fourth-order valence-corrected chi connectivity index (χ4v) is 0.654. The minimum absolute atomic E-state index is 0.0346. The lowest BCUT2D eigenvalue weighted by Crippen LogP contribution is -2.16. The van der Waals surface area contributed by atoms with E-state index in [1.807, 2.05) is 0 Å². The highest BCUT2D eigenvalue weighted by atomic mass is 16.6. The minimum atomic E-state index is -0.580. The number of carbonyl (C=O) groups excluding carboxylic acids is 3. The second-order valence-electron chi connectivity index (χ2n) is 2.56. The summed E-state index contributed by atoms with van der Waals surface area (Å²) >= 11 is 0. The quantitative estimate of drug-likeness (QED) is 0.351. The van der Waals surface area contributed by atoms with Crippen LogP contribution >= 0.6 is 0 Å². The van der Waals surface area contributed by atoms with Crippen molar-refractivity contribution < 1.29 is 23.9 Å². The van der Waals surface area contributed by atoms with Crippen molar-refractivity contribution in [2.45, 2.75) is 12.8 Å². The Balaban J connectivity index is 3.43. The molecule has 6 nitrogen and oxygen atoms in total. The molecule has 15 heavy (non-hydrogen) atoms. The number of primary amides is 1. The highest BCUT2D eigenvalue weighted by molar-refractivity contribution is 5.81. The van der Waals surface area contributed by atoms with Crippen molar-refractivity contribution in [2.24, 2.45) is 5.73 Å². The van der Waals surface area contributed by atoms with E-state index in [-0.39, 0.29) is 26.1 Å². The van der Waals surface area contributed by atoms with E-state index in [1.165, 1.54) is 0 Å². The molecule has 0 radical (unpaired) electrons. The van der Waals surface area contributed by atoms with E-state index in [0.717, 1.165) is 6.08 Å². The van der Waals surface area contributed by atoms with Gasteiger partial charge < -0.3 is 15.2 Å². The van der Waals surface area contributed by atoms with Crippen LogP contribution in [0.1, 0.15) is 12.8 Å². The lowest BCUT2D eigenvalue weighted by atomic mass is 10.3. The third-order valence-electron chi connectivity index (χ3n) is 1.33. The molecule has 0 unspecified atom stereocenters. The number of amides is 1. The van der Waals surface area contributed by atoms with Crippen molar-refractivity contribution >= 4 is 17.8 Å². The molecule has 0 heterocycles. The molecule has 0 aromatic heterocycles. The maximum Gasteiger partial charge on any atom is 0.330 e. The van der Waals surface area contributed by atoms with Gasteiger partial charge in [0.05, 0.1) is 6.42 Å². The second kappa shape index (κ2) is 7.54. The van der Waals surface area contributed by atoms with Gasteiger partial charge in [-0.1, -0.05) is 6.58 Å². The maximum absolute atomic E-state index is 10.9. The summed E-state index contributed by atoms with van der Waals surface area (Å²) in [6, 6.07) is 0. The van der Waals surface area contributed by atoms with Gasteiger partial charge in [0.1, 0.15) is 13.2 Å². The average molecular weight is 215 g/mol. The van der Waals surface area contributed by atoms with Crippen LogP contribution in [0.3, 0.4) is 0 Å². The van der Waals surface area contributed by atoms with Crippen LogP contribution in [0.2, 0.25) is 0 Å². The summed E-state index contributed by atoms with van der Waals surface area (Å²) in [5.74, 6) is -1.70. The molecular weight excluding hydrogens is 202 g/mol. The largest absolute Gasteiger partial charge is 0.462 e. The number of carbonyl (C=O) groups is 3. The SMILES string of the molecule is C=CC(=O)OCCOC(=O)CCC(N)=O. The number of hydrogen-bond acceptors (Lipinski definition) is 5. The molecule has 0 spiro atoms. The topological polar surface area (TPSA) is 95.7 Å². The minimum Gasteiger partial charge on any atom is -0.462 e. The molecule has 0 atom stereocenters. The summed E-state index contributed by atoms with van der Waals surface area (Å²) in [6.45, 7) is 3.11. The van der Waals surface area contributed by atoms with E-state index in [4.69, 9.17) is 5.73 Å². The first-order valence-electron chi connectivity index (χ1n) is 4.29. The first-order valence-corrected chi connectivity index (χ1v) is 4.29. The molecular formula is C9H13NO5. The summed E-state index contributed by atoms with van der Waals surface area (Å²) in [5, 5.41) is 0. The summed E-state index contributed by atoms with van der Waals surface area (Å²) in [4.78, 5) is 31.7. The molecule has 0 aromatic rings. The number of rotatable bonds is 7. The van der Waals surface area contributed by atoms with Gasteiger partial charge in [-0.05, 0) is 0 Å². The normalized spacial score (nSPS) is 9.07. The molecule has 6 heteroatoms. The fourth-order valence-electron chi connectivity index (χ4n) is 0.654. The van der Waals surface area contributed by atoms with Gasteiger partial charge in [-0.25, -0.2) is 4.79 Å². The molecule has 0 bridgehead atoms. The first kappa shape index (κ1) is 13.2. The van der Waals surface area contributed by atoms with E-state index in [9.17, 15) is 14.4 Å². The predicted molar refractivity (Wildman–Crippen MR) is 50.5 cm³/mol. The Hall–Kier alpha value is -1.85. The number of nitrogens with two attached hydrogens (primary N) is 1. The first-order chi connectivity index (χ1) is 7.06. The number of hydrogen-bond donors (Lipinski definition) is 1. The lowest BCUT2D eigenvalue weighted by molar-refractivity contribution is -0.150. The molecule has 84 valence electrons. The van der Waals surface area contributed by atoms with Gasteiger partial charge >= 0.3 is 11.9 Å². The van der Waals surface area contributed by atoms with Crippen molar-refractivity contribution in [2.75, 3.05) is 13.2 Å².